The second-order valence-corrected chi connectivity index (χ2v) is 14.9. The van der Waals surface area contributed by atoms with E-state index >= 15 is 0 Å². The summed E-state index contributed by atoms with van der Waals surface area (Å²) >= 11 is 0. The molecule has 0 N–H and O–H groups in total. The molecule has 55 heavy (non-hydrogen) atoms. The molecule has 0 bridgehead atoms. The van der Waals surface area contributed by atoms with Crippen LogP contribution >= 0.6 is 0 Å². The number of aromatic nitrogens is 1. The molecule has 1 aromatic heterocycles. The Morgan fingerprint density at radius 3 is 1.62 bits per heavy atom. The standard InChI is InChI=1S/C52H39N3/c1-52(2)48-33-43(54(39-18-6-3-7-19-39)40-20-8-4-9-21-40)29-30-46(48)51-45-25-15-14-24-44(45)47(34-49(51)52)38-27-31-50(53-35-38)55(41-22-10-5-11-23-41)42-28-26-36-16-12-13-17-37(36)32-42/h3-35H,1-2H3. The summed E-state index contributed by atoms with van der Waals surface area (Å²) in [4.78, 5) is 9.77. The lowest BCUT2D eigenvalue weighted by molar-refractivity contribution is 0.661. The van der Waals surface area contributed by atoms with Crippen LogP contribution in [0.15, 0.2) is 200 Å². The molecule has 0 radical (unpaired) electrons. The second-order valence-electron chi connectivity index (χ2n) is 14.9. The molecule has 0 spiro atoms. The summed E-state index contributed by atoms with van der Waals surface area (Å²) in [6.07, 6.45) is 2.05. The van der Waals surface area contributed by atoms with Crippen LogP contribution in [0, 0.1) is 0 Å². The fraction of sp³-hybridized carbons (Fsp3) is 0.0577. The summed E-state index contributed by atoms with van der Waals surface area (Å²) in [6.45, 7) is 4.75. The van der Waals surface area contributed by atoms with E-state index in [2.05, 4.69) is 218 Å². The lowest BCUT2D eigenvalue weighted by Gasteiger charge is -2.28. The summed E-state index contributed by atoms with van der Waals surface area (Å²) in [6, 6.07) is 69.6. The van der Waals surface area contributed by atoms with Gasteiger partial charge in [-0.05, 0) is 128 Å². The molecule has 1 heterocycles. The largest absolute Gasteiger partial charge is 0.310 e. The lowest BCUT2D eigenvalue weighted by atomic mass is 9.80. The molecule has 1 aliphatic rings. The first-order valence-electron chi connectivity index (χ1n) is 19.0. The maximum absolute atomic E-state index is 5.17. The Hall–Kier alpha value is -6.97. The van der Waals surface area contributed by atoms with E-state index in [0.717, 1.165) is 39.8 Å². The van der Waals surface area contributed by atoms with Crippen molar-refractivity contribution in [3.63, 3.8) is 0 Å². The van der Waals surface area contributed by atoms with Gasteiger partial charge in [-0.15, -0.1) is 0 Å². The molecule has 0 atom stereocenters. The maximum atomic E-state index is 5.17. The van der Waals surface area contributed by atoms with Crippen molar-refractivity contribution in [1.29, 1.82) is 0 Å². The van der Waals surface area contributed by atoms with Crippen LogP contribution in [0.2, 0.25) is 0 Å². The van der Waals surface area contributed by atoms with E-state index in [0.29, 0.717) is 0 Å². The van der Waals surface area contributed by atoms with Crippen molar-refractivity contribution in [3.8, 4) is 22.3 Å². The molecule has 3 heteroatoms. The number of hydrogen-bond acceptors (Lipinski definition) is 3. The van der Waals surface area contributed by atoms with E-state index in [1.807, 2.05) is 6.20 Å². The third-order valence-electron chi connectivity index (χ3n) is 11.2. The van der Waals surface area contributed by atoms with Gasteiger partial charge < -0.3 is 4.90 Å². The first-order chi connectivity index (χ1) is 27.0. The van der Waals surface area contributed by atoms with Crippen LogP contribution in [0.5, 0.6) is 0 Å². The fourth-order valence-electron chi connectivity index (χ4n) is 8.53. The van der Waals surface area contributed by atoms with E-state index in [9.17, 15) is 0 Å². The summed E-state index contributed by atoms with van der Waals surface area (Å²) in [5.41, 5.74) is 12.9. The number of nitrogens with zero attached hydrogens (tertiary/aromatic N) is 3. The summed E-state index contributed by atoms with van der Waals surface area (Å²) in [7, 11) is 0. The van der Waals surface area contributed by atoms with Gasteiger partial charge in [0.05, 0.1) is 0 Å². The van der Waals surface area contributed by atoms with Crippen LogP contribution < -0.4 is 9.80 Å². The number of fused-ring (bicyclic) bond motifs is 6. The summed E-state index contributed by atoms with van der Waals surface area (Å²) in [5, 5.41) is 4.92. The van der Waals surface area contributed by atoms with Crippen molar-refractivity contribution in [2.45, 2.75) is 19.3 Å². The lowest BCUT2D eigenvalue weighted by Crippen LogP contribution is -2.16. The van der Waals surface area contributed by atoms with Gasteiger partial charge in [0.25, 0.3) is 0 Å². The highest BCUT2D eigenvalue weighted by atomic mass is 15.2. The normalized spacial score (nSPS) is 12.7. The van der Waals surface area contributed by atoms with Crippen LogP contribution in [0.25, 0.3) is 43.8 Å². The highest BCUT2D eigenvalue weighted by molar-refractivity contribution is 6.09. The Labute approximate surface area is 322 Å². The first-order valence-corrected chi connectivity index (χ1v) is 19.0. The highest BCUT2D eigenvalue weighted by Gasteiger charge is 2.38. The third kappa shape index (κ3) is 5.55. The molecule has 1 aliphatic carbocycles. The zero-order chi connectivity index (χ0) is 36.9. The van der Waals surface area contributed by atoms with Gasteiger partial charge in [-0.3, -0.25) is 4.90 Å². The maximum Gasteiger partial charge on any atom is 0.137 e. The summed E-state index contributed by atoms with van der Waals surface area (Å²) < 4.78 is 0. The Morgan fingerprint density at radius 2 is 0.964 bits per heavy atom. The number of benzene rings is 8. The predicted molar refractivity (Wildman–Crippen MR) is 232 cm³/mol. The highest BCUT2D eigenvalue weighted by Crippen LogP contribution is 2.54. The van der Waals surface area contributed by atoms with E-state index in [4.69, 9.17) is 4.98 Å². The molecule has 0 amide bonds. The van der Waals surface area contributed by atoms with Gasteiger partial charge in [0.1, 0.15) is 5.82 Å². The van der Waals surface area contributed by atoms with Crippen LogP contribution in [0.1, 0.15) is 25.0 Å². The minimum atomic E-state index is -0.230. The van der Waals surface area contributed by atoms with Crippen molar-refractivity contribution in [2.24, 2.45) is 0 Å². The topological polar surface area (TPSA) is 19.4 Å². The molecule has 0 fully saturated rings. The minimum absolute atomic E-state index is 0.230. The fourth-order valence-corrected chi connectivity index (χ4v) is 8.53. The number of para-hydroxylation sites is 3. The Balaban J connectivity index is 1.08. The Kier molecular flexibility index (Phi) is 7.81. The van der Waals surface area contributed by atoms with Crippen LogP contribution in [-0.2, 0) is 5.41 Å². The van der Waals surface area contributed by atoms with Crippen molar-refractivity contribution >= 4 is 55.8 Å². The van der Waals surface area contributed by atoms with Gasteiger partial charge in [-0.1, -0.05) is 129 Å². The molecular weight excluding hydrogens is 667 g/mol. The molecule has 0 aliphatic heterocycles. The van der Waals surface area contributed by atoms with Gasteiger partial charge in [-0.25, -0.2) is 4.98 Å². The molecular formula is C52H39N3. The molecule has 0 unspecified atom stereocenters. The van der Waals surface area contributed by atoms with Crippen molar-refractivity contribution in [3.05, 3.63) is 211 Å². The second kappa shape index (κ2) is 13.2. The van der Waals surface area contributed by atoms with Gasteiger partial charge >= 0.3 is 0 Å². The zero-order valence-electron chi connectivity index (χ0n) is 30.9. The zero-order valence-corrected chi connectivity index (χ0v) is 30.9. The van der Waals surface area contributed by atoms with Crippen LogP contribution in [0.4, 0.5) is 34.3 Å². The molecule has 10 rings (SSSR count). The average Bonchev–Trinajstić information content (AvgIpc) is 3.47. The van der Waals surface area contributed by atoms with Crippen LogP contribution in [0.3, 0.4) is 0 Å². The smallest absolute Gasteiger partial charge is 0.137 e. The van der Waals surface area contributed by atoms with E-state index in [-0.39, 0.29) is 5.41 Å². The molecule has 8 aromatic carbocycles. The molecule has 0 saturated carbocycles. The number of pyridine rings is 1. The quantitative estimate of drug-likeness (QED) is 0.165. The Bertz CT molecular complexity index is 2790. The molecule has 9 aromatic rings. The van der Waals surface area contributed by atoms with Crippen LogP contribution in [-0.4, -0.2) is 4.98 Å². The average molecular weight is 706 g/mol. The Morgan fingerprint density at radius 1 is 0.400 bits per heavy atom. The van der Waals surface area contributed by atoms with E-state index in [1.54, 1.807) is 0 Å². The first kappa shape index (κ1) is 32.7. The molecule has 0 saturated heterocycles. The predicted octanol–water partition coefficient (Wildman–Crippen LogP) is 14.3. The van der Waals surface area contributed by atoms with E-state index < -0.39 is 0 Å². The number of rotatable bonds is 7. The minimum Gasteiger partial charge on any atom is -0.310 e. The number of anilines is 6. The van der Waals surface area contributed by atoms with Gasteiger partial charge in [0, 0.05) is 45.6 Å². The van der Waals surface area contributed by atoms with Gasteiger partial charge in [0.2, 0.25) is 0 Å². The van der Waals surface area contributed by atoms with E-state index in [1.165, 1.54) is 49.4 Å². The molecule has 262 valence electrons. The van der Waals surface area contributed by atoms with Gasteiger partial charge in [-0.2, -0.15) is 0 Å². The van der Waals surface area contributed by atoms with Crippen molar-refractivity contribution < 1.29 is 0 Å². The SMILES string of the molecule is CC1(C)c2cc(N(c3ccccc3)c3ccccc3)ccc2-c2c1cc(-c1ccc(N(c3ccccc3)c3ccc4ccccc4c3)nc1)c1ccccc21. The molecule has 3 nitrogen and oxygen atoms in total. The summed E-state index contributed by atoms with van der Waals surface area (Å²) in [5.74, 6) is 0.873. The van der Waals surface area contributed by atoms with Crippen molar-refractivity contribution in [2.75, 3.05) is 9.80 Å². The monoisotopic (exact) mass is 705 g/mol. The number of hydrogen-bond donors (Lipinski definition) is 0. The van der Waals surface area contributed by atoms with Gasteiger partial charge in [0.15, 0.2) is 0 Å². The van der Waals surface area contributed by atoms with Crippen molar-refractivity contribution in [1.82, 2.24) is 4.98 Å². The third-order valence-corrected chi connectivity index (χ3v) is 11.2.